The van der Waals surface area contributed by atoms with Crippen molar-refractivity contribution in [2.45, 2.75) is 12.5 Å². The number of ether oxygens (including phenoxy) is 1. The SMILES string of the molecule is C[N+]1(C)CCC(Oc2ccc(/C=C/c3ccccc3)cc2)C1. The fraction of sp³-hybridized carbons (Fsp3) is 0.300. The Labute approximate surface area is 133 Å². The van der Waals surface area contributed by atoms with E-state index >= 15 is 0 Å². The Bertz CT molecular complexity index is 629. The van der Waals surface area contributed by atoms with Crippen molar-refractivity contribution in [3.8, 4) is 5.75 Å². The van der Waals surface area contributed by atoms with E-state index in [9.17, 15) is 0 Å². The highest BCUT2D eigenvalue weighted by Crippen LogP contribution is 2.21. The van der Waals surface area contributed by atoms with E-state index in [0.717, 1.165) is 23.2 Å². The molecule has 1 saturated heterocycles. The van der Waals surface area contributed by atoms with Gasteiger partial charge in [0.1, 0.15) is 12.3 Å². The minimum atomic E-state index is 0.348. The Morgan fingerprint density at radius 3 is 2.14 bits per heavy atom. The Morgan fingerprint density at radius 1 is 0.909 bits per heavy atom. The van der Waals surface area contributed by atoms with Gasteiger partial charge in [-0.05, 0) is 23.3 Å². The predicted octanol–water partition coefficient (Wildman–Crippen LogP) is 4.08. The van der Waals surface area contributed by atoms with E-state index < -0.39 is 0 Å². The molecular weight excluding hydrogens is 270 g/mol. The molecule has 0 saturated carbocycles. The molecule has 1 atom stereocenters. The van der Waals surface area contributed by atoms with Gasteiger partial charge in [-0.2, -0.15) is 0 Å². The van der Waals surface area contributed by atoms with Gasteiger partial charge in [0.2, 0.25) is 0 Å². The zero-order valence-electron chi connectivity index (χ0n) is 13.4. The van der Waals surface area contributed by atoms with E-state index in [1.54, 1.807) is 0 Å². The maximum atomic E-state index is 6.09. The van der Waals surface area contributed by atoms with Gasteiger partial charge in [-0.3, -0.25) is 0 Å². The molecule has 2 aromatic rings. The monoisotopic (exact) mass is 294 g/mol. The largest absolute Gasteiger partial charge is 0.484 e. The Morgan fingerprint density at radius 2 is 1.55 bits per heavy atom. The van der Waals surface area contributed by atoms with Crippen LogP contribution in [0.15, 0.2) is 54.6 Å². The summed E-state index contributed by atoms with van der Waals surface area (Å²) in [5, 5.41) is 0. The number of nitrogens with zero attached hydrogens (tertiary/aromatic N) is 1. The van der Waals surface area contributed by atoms with Crippen LogP contribution in [0, 0.1) is 0 Å². The van der Waals surface area contributed by atoms with Gasteiger partial charge < -0.3 is 9.22 Å². The molecule has 1 aliphatic heterocycles. The van der Waals surface area contributed by atoms with E-state index in [2.05, 4.69) is 74.8 Å². The molecule has 114 valence electrons. The average Bonchev–Trinajstić information content (AvgIpc) is 2.86. The number of likely N-dealkylation sites (N-methyl/N-ethyl adjacent to an activating group) is 1. The summed E-state index contributed by atoms with van der Waals surface area (Å²) >= 11 is 0. The molecule has 0 amide bonds. The van der Waals surface area contributed by atoms with E-state index in [4.69, 9.17) is 4.74 Å². The highest BCUT2D eigenvalue weighted by molar-refractivity contribution is 5.69. The molecule has 2 heteroatoms. The predicted molar refractivity (Wildman–Crippen MR) is 92.7 cm³/mol. The summed E-state index contributed by atoms with van der Waals surface area (Å²) in [6.45, 7) is 2.29. The first-order valence-electron chi connectivity index (χ1n) is 7.93. The van der Waals surface area contributed by atoms with E-state index in [-0.39, 0.29) is 0 Å². The van der Waals surface area contributed by atoms with Crippen molar-refractivity contribution in [3.63, 3.8) is 0 Å². The van der Waals surface area contributed by atoms with Crippen molar-refractivity contribution < 1.29 is 9.22 Å². The van der Waals surface area contributed by atoms with Gasteiger partial charge >= 0.3 is 0 Å². The minimum Gasteiger partial charge on any atom is -0.484 e. The molecule has 22 heavy (non-hydrogen) atoms. The minimum absolute atomic E-state index is 0.348. The Hall–Kier alpha value is -2.06. The number of hydrogen-bond donors (Lipinski definition) is 0. The molecule has 0 aliphatic carbocycles. The molecule has 1 aliphatic rings. The van der Waals surface area contributed by atoms with Crippen LogP contribution in [0.3, 0.4) is 0 Å². The van der Waals surface area contributed by atoms with Gasteiger partial charge in [0.15, 0.2) is 6.10 Å². The fourth-order valence-corrected chi connectivity index (χ4v) is 2.93. The molecule has 0 bridgehead atoms. The first-order chi connectivity index (χ1) is 10.6. The third-order valence-electron chi connectivity index (χ3n) is 4.20. The molecule has 0 N–H and O–H groups in total. The van der Waals surface area contributed by atoms with E-state index in [1.165, 1.54) is 17.7 Å². The van der Waals surface area contributed by atoms with Crippen LogP contribution in [0.1, 0.15) is 17.5 Å². The van der Waals surface area contributed by atoms with Crippen molar-refractivity contribution in [2.24, 2.45) is 0 Å². The second kappa shape index (κ2) is 6.37. The molecule has 1 heterocycles. The molecule has 3 rings (SSSR count). The summed E-state index contributed by atoms with van der Waals surface area (Å²) < 4.78 is 7.15. The van der Waals surface area contributed by atoms with Crippen molar-refractivity contribution in [1.82, 2.24) is 0 Å². The number of quaternary nitrogens is 1. The highest BCUT2D eigenvalue weighted by atomic mass is 16.5. The maximum absolute atomic E-state index is 6.09. The third-order valence-corrected chi connectivity index (χ3v) is 4.20. The Kier molecular flexibility index (Phi) is 4.30. The van der Waals surface area contributed by atoms with Crippen molar-refractivity contribution in [3.05, 3.63) is 65.7 Å². The first-order valence-corrected chi connectivity index (χ1v) is 7.93. The van der Waals surface area contributed by atoms with Gasteiger partial charge in [-0.25, -0.2) is 0 Å². The smallest absolute Gasteiger partial charge is 0.153 e. The van der Waals surface area contributed by atoms with E-state index in [0.29, 0.717) is 6.10 Å². The number of benzene rings is 2. The van der Waals surface area contributed by atoms with Crippen molar-refractivity contribution >= 4 is 12.2 Å². The van der Waals surface area contributed by atoms with Gasteiger partial charge in [-0.15, -0.1) is 0 Å². The number of rotatable bonds is 4. The molecular formula is C20H24NO+. The first kappa shape index (κ1) is 14.9. The quantitative estimate of drug-likeness (QED) is 0.610. The van der Waals surface area contributed by atoms with Crippen LogP contribution in [-0.4, -0.2) is 37.8 Å². The standard InChI is InChI=1S/C20H24NO/c1-21(2)15-14-20(16-21)22-19-12-10-18(11-13-19)9-8-17-6-4-3-5-7-17/h3-13,20H,14-16H2,1-2H3/q+1/b9-8+. The highest BCUT2D eigenvalue weighted by Gasteiger charge is 2.32. The van der Waals surface area contributed by atoms with Gasteiger partial charge in [0, 0.05) is 6.42 Å². The average molecular weight is 294 g/mol. The number of likely N-dealkylation sites (tertiary alicyclic amines) is 1. The third kappa shape index (κ3) is 3.99. The van der Waals surface area contributed by atoms with Crippen LogP contribution in [-0.2, 0) is 0 Å². The summed E-state index contributed by atoms with van der Waals surface area (Å²) in [6, 6.07) is 18.7. The lowest BCUT2D eigenvalue weighted by Crippen LogP contribution is -2.38. The zero-order valence-corrected chi connectivity index (χ0v) is 13.4. The van der Waals surface area contributed by atoms with Crippen molar-refractivity contribution in [1.29, 1.82) is 0 Å². The molecule has 0 aromatic heterocycles. The van der Waals surface area contributed by atoms with Crippen LogP contribution in [0.4, 0.5) is 0 Å². The normalized spacial score (nSPS) is 20.4. The van der Waals surface area contributed by atoms with E-state index in [1.807, 2.05) is 6.07 Å². The van der Waals surface area contributed by atoms with Gasteiger partial charge in [-0.1, -0.05) is 54.6 Å². The second-order valence-electron chi connectivity index (χ2n) is 6.68. The summed E-state index contributed by atoms with van der Waals surface area (Å²) in [5.41, 5.74) is 2.41. The molecule has 2 nitrogen and oxygen atoms in total. The lowest BCUT2D eigenvalue weighted by molar-refractivity contribution is -0.879. The summed E-state index contributed by atoms with van der Waals surface area (Å²) in [4.78, 5) is 0. The summed E-state index contributed by atoms with van der Waals surface area (Å²) in [7, 11) is 4.53. The molecule has 1 unspecified atom stereocenters. The summed E-state index contributed by atoms with van der Waals surface area (Å²) in [5.74, 6) is 0.976. The lowest BCUT2D eigenvalue weighted by atomic mass is 10.1. The number of hydrogen-bond acceptors (Lipinski definition) is 1. The van der Waals surface area contributed by atoms with Crippen LogP contribution in [0.5, 0.6) is 5.75 Å². The lowest BCUT2D eigenvalue weighted by Gasteiger charge is -2.23. The van der Waals surface area contributed by atoms with Gasteiger partial charge in [0.05, 0.1) is 20.6 Å². The van der Waals surface area contributed by atoms with Gasteiger partial charge in [0.25, 0.3) is 0 Å². The fourth-order valence-electron chi connectivity index (χ4n) is 2.93. The Balaban J connectivity index is 1.60. The molecule has 2 aromatic carbocycles. The molecule has 0 radical (unpaired) electrons. The summed E-state index contributed by atoms with van der Waals surface area (Å²) in [6.07, 6.45) is 5.75. The van der Waals surface area contributed by atoms with Crippen LogP contribution in [0.25, 0.3) is 12.2 Å². The zero-order chi connectivity index (χ0) is 15.4. The van der Waals surface area contributed by atoms with Crippen LogP contribution >= 0.6 is 0 Å². The topological polar surface area (TPSA) is 9.23 Å². The maximum Gasteiger partial charge on any atom is 0.153 e. The van der Waals surface area contributed by atoms with Crippen LogP contribution in [0.2, 0.25) is 0 Å². The second-order valence-corrected chi connectivity index (χ2v) is 6.68. The molecule has 1 fully saturated rings. The van der Waals surface area contributed by atoms with Crippen LogP contribution < -0.4 is 4.74 Å². The molecule has 0 spiro atoms. The van der Waals surface area contributed by atoms with Crippen molar-refractivity contribution in [2.75, 3.05) is 27.2 Å².